The number of hydrogen-bond donors (Lipinski definition) is 1. The van der Waals surface area contributed by atoms with Gasteiger partial charge >= 0.3 is 6.01 Å². The van der Waals surface area contributed by atoms with Crippen molar-refractivity contribution in [1.82, 2.24) is 10.2 Å². The van der Waals surface area contributed by atoms with Gasteiger partial charge in [0.25, 0.3) is 5.91 Å². The van der Waals surface area contributed by atoms with E-state index in [4.69, 9.17) is 9.15 Å². The number of anilines is 1. The van der Waals surface area contributed by atoms with Gasteiger partial charge in [-0.1, -0.05) is 23.3 Å². The van der Waals surface area contributed by atoms with Gasteiger partial charge in [-0.15, -0.1) is 16.4 Å². The van der Waals surface area contributed by atoms with E-state index in [0.717, 1.165) is 16.2 Å². The molecule has 0 spiro atoms. The number of aromatic nitrogens is 2. The van der Waals surface area contributed by atoms with Crippen LogP contribution in [0.3, 0.4) is 0 Å². The van der Waals surface area contributed by atoms with E-state index in [2.05, 4.69) is 15.5 Å². The summed E-state index contributed by atoms with van der Waals surface area (Å²) in [5, 5.41) is 12.3. The Balaban J connectivity index is 1.57. The minimum atomic E-state index is -0.317. The average Bonchev–Trinajstić information content (AvgIpc) is 3.26. The van der Waals surface area contributed by atoms with E-state index in [9.17, 15) is 4.79 Å². The summed E-state index contributed by atoms with van der Waals surface area (Å²) in [4.78, 5) is 12.8. The molecule has 3 aromatic rings. The number of rotatable bonds is 6. The molecule has 0 bridgehead atoms. The van der Waals surface area contributed by atoms with E-state index in [-0.39, 0.29) is 11.9 Å². The number of carbonyl (C=O) groups is 1. The van der Waals surface area contributed by atoms with Gasteiger partial charge < -0.3 is 9.15 Å². The zero-order chi connectivity index (χ0) is 16.8. The van der Waals surface area contributed by atoms with Crippen molar-refractivity contribution in [3.8, 4) is 5.75 Å². The van der Waals surface area contributed by atoms with Crippen LogP contribution in [0.15, 0.2) is 52.3 Å². The second-order valence-corrected chi connectivity index (χ2v) is 5.84. The molecule has 0 aliphatic carbocycles. The number of amides is 1. The predicted molar refractivity (Wildman–Crippen MR) is 92.1 cm³/mol. The van der Waals surface area contributed by atoms with Gasteiger partial charge in [0.05, 0.1) is 13.5 Å². The van der Waals surface area contributed by atoms with Crippen LogP contribution in [0.1, 0.15) is 16.3 Å². The maximum absolute atomic E-state index is 11.8. The van der Waals surface area contributed by atoms with Crippen LogP contribution < -0.4 is 10.1 Å². The molecule has 122 valence electrons. The number of nitrogens with one attached hydrogen (secondary N) is 1. The van der Waals surface area contributed by atoms with Gasteiger partial charge in [0, 0.05) is 11.0 Å². The highest BCUT2D eigenvalue weighted by Gasteiger charge is 2.09. The second kappa shape index (κ2) is 7.56. The maximum Gasteiger partial charge on any atom is 0.322 e. The molecule has 6 nitrogen and oxygen atoms in total. The Morgan fingerprint density at radius 3 is 2.83 bits per heavy atom. The van der Waals surface area contributed by atoms with Crippen LogP contribution in [0, 0.1) is 0 Å². The number of ether oxygens (including phenoxy) is 1. The summed E-state index contributed by atoms with van der Waals surface area (Å²) >= 11 is 1.55. The number of benzene rings is 1. The smallest absolute Gasteiger partial charge is 0.322 e. The van der Waals surface area contributed by atoms with Crippen LogP contribution in [0.4, 0.5) is 6.01 Å². The Kier molecular flexibility index (Phi) is 5.02. The van der Waals surface area contributed by atoms with Crippen molar-refractivity contribution in [1.29, 1.82) is 0 Å². The Labute approximate surface area is 142 Å². The summed E-state index contributed by atoms with van der Waals surface area (Å²) in [6.45, 7) is 0. The zero-order valence-corrected chi connectivity index (χ0v) is 13.7. The lowest BCUT2D eigenvalue weighted by molar-refractivity contribution is -0.112. The summed E-state index contributed by atoms with van der Waals surface area (Å²) < 4.78 is 10.5. The number of nitrogens with zero attached hydrogens (tertiary/aromatic N) is 2. The molecule has 3 rings (SSSR count). The van der Waals surface area contributed by atoms with Crippen LogP contribution in [0.25, 0.3) is 6.08 Å². The Morgan fingerprint density at radius 2 is 2.12 bits per heavy atom. The minimum absolute atomic E-state index is 0.0827. The molecular formula is C17H15N3O3S. The van der Waals surface area contributed by atoms with Gasteiger partial charge in [0.1, 0.15) is 5.75 Å². The number of methoxy groups -OCH3 is 1. The van der Waals surface area contributed by atoms with Crippen molar-refractivity contribution in [2.75, 3.05) is 12.4 Å². The summed E-state index contributed by atoms with van der Waals surface area (Å²) in [5.41, 5.74) is 1.01. The van der Waals surface area contributed by atoms with Crippen molar-refractivity contribution in [2.24, 2.45) is 0 Å². The average molecular weight is 341 g/mol. The van der Waals surface area contributed by atoms with Crippen molar-refractivity contribution < 1.29 is 13.9 Å². The summed E-state index contributed by atoms with van der Waals surface area (Å²) in [5.74, 6) is 0.899. The quantitative estimate of drug-likeness (QED) is 0.696. The summed E-state index contributed by atoms with van der Waals surface area (Å²) in [6, 6.07) is 11.5. The van der Waals surface area contributed by atoms with Crippen LogP contribution in [0.5, 0.6) is 5.75 Å². The summed E-state index contributed by atoms with van der Waals surface area (Å²) in [7, 11) is 1.62. The van der Waals surface area contributed by atoms with Gasteiger partial charge in [0.15, 0.2) is 0 Å². The highest BCUT2D eigenvalue weighted by Crippen LogP contribution is 2.15. The first-order valence-corrected chi connectivity index (χ1v) is 8.09. The highest BCUT2D eigenvalue weighted by molar-refractivity contribution is 7.10. The number of thiophene rings is 1. The molecule has 0 atom stereocenters. The van der Waals surface area contributed by atoms with Crippen molar-refractivity contribution in [3.05, 3.63) is 64.2 Å². The lowest BCUT2D eigenvalue weighted by atomic mass is 10.1. The first-order chi connectivity index (χ1) is 11.7. The van der Waals surface area contributed by atoms with Gasteiger partial charge in [-0.25, -0.2) is 0 Å². The molecule has 0 saturated carbocycles. The standard InChI is InChI=1S/C17H15N3O3S/c1-22-13-6-4-12(5-7-13)11-16-19-20-17(23-16)18-15(21)9-8-14-3-2-10-24-14/h2-10H,11H2,1H3,(H,18,20,21)/b9-8+. The Morgan fingerprint density at radius 1 is 1.29 bits per heavy atom. The minimum Gasteiger partial charge on any atom is -0.497 e. The van der Waals surface area contributed by atoms with Crippen LogP contribution >= 0.6 is 11.3 Å². The third-order valence-corrected chi connectivity index (χ3v) is 3.99. The molecule has 1 amide bonds. The second-order valence-electron chi connectivity index (χ2n) is 4.86. The molecule has 7 heteroatoms. The zero-order valence-electron chi connectivity index (χ0n) is 12.9. The Hall–Kier alpha value is -2.93. The van der Waals surface area contributed by atoms with Crippen molar-refractivity contribution in [2.45, 2.75) is 6.42 Å². The molecule has 0 fully saturated rings. The number of carbonyl (C=O) groups excluding carboxylic acids is 1. The van der Waals surface area contributed by atoms with Crippen LogP contribution in [-0.4, -0.2) is 23.2 Å². The van der Waals surface area contributed by atoms with E-state index in [1.54, 1.807) is 24.5 Å². The molecule has 2 heterocycles. The normalized spacial score (nSPS) is 10.9. The van der Waals surface area contributed by atoms with E-state index in [1.165, 1.54) is 6.08 Å². The van der Waals surface area contributed by atoms with Crippen molar-refractivity contribution >= 4 is 29.3 Å². The van der Waals surface area contributed by atoms with Crippen molar-refractivity contribution in [3.63, 3.8) is 0 Å². The topological polar surface area (TPSA) is 77.3 Å². The molecule has 2 aromatic heterocycles. The van der Waals surface area contributed by atoms with E-state index >= 15 is 0 Å². The molecule has 24 heavy (non-hydrogen) atoms. The van der Waals surface area contributed by atoms with E-state index in [0.29, 0.717) is 12.3 Å². The highest BCUT2D eigenvalue weighted by atomic mass is 32.1. The molecule has 0 aliphatic heterocycles. The molecule has 0 unspecified atom stereocenters. The van der Waals surface area contributed by atoms with Crippen LogP contribution in [0.2, 0.25) is 0 Å². The summed E-state index contributed by atoms with van der Waals surface area (Å²) in [6.07, 6.45) is 3.64. The molecular weight excluding hydrogens is 326 g/mol. The third-order valence-electron chi connectivity index (χ3n) is 3.15. The number of hydrogen-bond acceptors (Lipinski definition) is 6. The largest absolute Gasteiger partial charge is 0.497 e. The fourth-order valence-electron chi connectivity index (χ4n) is 1.98. The molecule has 1 N–H and O–H groups in total. The molecule has 0 saturated heterocycles. The first kappa shape index (κ1) is 15.9. The maximum atomic E-state index is 11.8. The van der Waals surface area contributed by atoms with Gasteiger partial charge in [0.2, 0.25) is 5.89 Å². The van der Waals surface area contributed by atoms with E-state index in [1.807, 2.05) is 41.8 Å². The third kappa shape index (κ3) is 4.30. The Bertz CT molecular complexity index is 823. The lowest BCUT2D eigenvalue weighted by Crippen LogP contribution is -2.07. The fraction of sp³-hybridized carbons (Fsp3) is 0.118. The molecule has 0 aliphatic rings. The van der Waals surface area contributed by atoms with Gasteiger partial charge in [-0.05, 0) is 35.2 Å². The first-order valence-electron chi connectivity index (χ1n) is 7.21. The predicted octanol–water partition coefficient (Wildman–Crippen LogP) is 3.38. The SMILES string of the molecule is COc1ccc(Cc2nnc(NC(=O)/C=C/c3cccs3)o2)cc1. The van der Waals surface area contributed by atoms with Gasteiger partial charge in [-0.2, -0.15) is 0 Å². The molecule has 0 radical (unpaired) electrons. The van der Waals surface area contributed by atoms with Gasteiger partial charge in [-0.3, -0.25) is 10.1 Å². The van der Waals surface area contributed by atoms with E-state index < -0.39 is 0 Å². The fourth-order valence-corrected chi connectivity index (χ4v) is 2.60. The van der Waals surface area contributed by atoms with Crippen LogP contribution in [-0.2, 0) is 11.2 Å². The monoisotopic (exact) mass is 341 g/mol. The lowest BCUT2D eigenvalue weighted by Gasteiger charge is -2.00. The molecule has 1 aromatic carbocycles.